The van der Waals surface area contributed by atoms with E-state index in [0.717, 1.165) is 0 Å². The monoisotopic (exact) mass is 334 g/mol. The second-order valence-electron chi connectivity index (χ2n) is 3.71. The summed E-state index contributed by atoms with van der Waals surface area (Å²) in [5.41, 5.74) is 1.91. The predicted molar refractivity (Wildman–Crippen MR) is 55.7 cm³/mol. The van der Waals surface area contributed by atoms with Crippen molar-refractivity contribution in [3.63, 3.8) is 0 Å². The van der Waals surface area contributed by atoms with Gasteiger partial charge in [0.2, 0.25) is 0 Å². The Morgan fingerprint density at radius 3 is 2.94 bits per heavy atom. The molecule has 2 aromatic rings. The average Bonchev–Trinajstić information content (AvgIpc) is 2.89. The molecule has 0 aromatic carbocycles. The van der Waals surface area contributed by atoms with E-state index in [2.05, 4.69) is 12.7 Å². The van der Waals surface area contributed by atoms with Gasteiger partial charge in [0.05, 0.1) is 5.56 Å². The zero-order chi connectivity index (χ0) is 12.2. The summed E-state index contributed by atoms with van der Waals surface area (Å²) in [4.78, 5) is 22.4. The van der Waals surface area contributed by atoms with E-state index in [1.54, 1.807) is 13.0 Å². The number of esters is 2. The van der Waals surface area contributed by atoms with Crippen LogP contribution in [0.2, 0.25) is 0 Å². The van der Waals surface area contributed by atoms with Gasteiger partial charge in [0.25, 0.3) is 0 Å². The van der Waals surface area contributed by atoms with Crippen LogP contribution in [0.5, 0.6) is 5.75 Å². The van der Waals surface area contributed by atoms with E-state index >= 15 is 0 Å². The van der Waals surface area contributed by atoms with Crippen LogP contribution in [0.3, 0.4) is 0 Å². The molecule has 18 heavy (non-hydrogen) atoms. The number of rotatable bonds is 3. The first-order valence-electron chi connectivity index (χ1n) is 4.96. The largest absolute Gasteiger partial charge is 0.482 e. The average molecular weight is 334 g/mol. The number of furan rings is 2. The first-order chi connectivity index (χ1) is 8.11. The van der Waals surface area contributed by atoms with Gasteiger partial charge in [-0.2, -0.15) is 0 Å². The van der Waals surface area contributed by atoms with Crippen LogP contribution in [0.4, 0.5) is 0 Å². The number of hydrogen-bond acceptors (Lipinski definition) is 5. The van der Waals surface area contributed by atoms with Crippen LogP contribution < -0.4 is 4.74 Å². The molecule has 1 unspecified atom stereocenters. The van der Waals surface area contributed by atoms with E-state index in [9.17, 15) is 9.59 Å². The summed E-state index contributed by atoms with van der Waals surface area (Å²) in [6, 6.07) is 1.59. The molecular formula is C12H7O5Rh-. The summed E-state index contributed by atoms with van der Waals surface area (Å²) < 4.78 is 15.4. The van der Waals surface area contributed by atoms with Gasteiger partial charge in [0.15, 0.2) is 11.3 Å². The Balaban J connectivity index is 0.00000120. The molecule has 3 heterocycles. The van der Waals surface area contributed by atoms with Gasteiger partial charge >= 0.3 is 5.97 Å². The van der Waals surface area contributed by atoms with Gasteiger partial charge < -0.3 is 20.0 Å². The van der Waals surface area contributed by atoms with Gasteiger partial charge in [0.1, 0.15) is 23.2 Å². The second-order valence-corrected chi connectivity index (χ2v) is 3.71. The van der Waals surface area contributed by atoms with Gasteiger partial charge in [-0.05, 0) is 13.0 Å². The molecule has 1 aliphatic heterocycles. The van der Waals surface area contributed by atoms with Crippen LogP contribution >= 0.6 is 0 Å². The summed E-state index contributed by atoms with van der Waals surface area (Å²) >= 11 is 0. The molecule has 6 heteroatoms. The van der Waals surface area contributed by atoms with Gasteiger partial charge in [0, 0.05) is 19.5 Å². The summed E-state index contributed by atoms with van der Waals surface area (Å²) in [6.45, 7) is 4.85. The molecule has 2 aromatic heterocycles. The first kappa shape index (κ1) is 12.8. The minimum Gasteiger partial charge on any atom is -0.482 e. The quantitative estimate of drug-likeness (QED) is 0.372. The molecule has 0 aliphatic carbocycles. The summed E-state index contributed by atoms with van der Waals surface area (Å²) in [7, 11) is 0. The predicted octanol–water partition coefficient (Wildman–Crippen LogP) is 1.99. The van der Waals surface area contributed by atoms with Crippen molar-refractivity contribution >= 4 is 23.1 Å². The fraction of sp³-hybridized carbons (Fsp3) is 0.167. The molecule has 0 saturated carbocycles. The first-order valence-corrected chi connectivity index (χ1v) is 4.96. The van der Waals surface area contributed by atoms with Crippen LogP contribution in [0.1, 0.15) is 28.9 Å². The molecule has 5 nitrogen and oxygen atoms in total. The molecule has 0 fully saturated rings. The van der Waals surface area contributed by atoms with Gasteiger partial charge in [-0.15, -0.1) is 0 Å². The molecule has 1 radical (unpaired) electrons. The van der Waals surface area contributed by atoms with Crippen LogP contribution in [-0.4, -0.2) is 11.9 Å². The third-order valence-corrected chi connectivity index (χ3v) is 2.70. The van der Waals surface area contributed by atoms with E-state index in [0.29, 0.717) is 28.0 Å². The molecule has 95 valence electrons. The second kappa shape index (κ2) is 4.21. The Morgan fingerprint density at radius 2 is 2.28 bits per heavy atom. The van der Waals surface area contributed by atoms with E-state index in [4.69, 9.17) is 13.9 Å². The van der Waals surface area contributed by atoms with Gasteiger partial charge in [-0.1, -0.05) is 0 Å². The Bertz CT molecular complexity index is 642. The molecule has 3 rings (SSSR count). The molecule has 1 aliphatic rings. The van der Waals surface area contributed by atoms with E-state index < -0.39 is 18.0 Å². The standard InChI is InChI=1S/C12H7O5.Rh/c1-3-8(13)15-5(2)9-7-4-6-10(16-7)11(9)17-12(6)14;/h4-5H,1H2,2H3;/q-1;. The maximum absolute atomic E-state index is 11.4. The molecule has 0 N–H and O–H groups in total. The normalized spacial score (nSPS) is 14.2. The molecular weight excluding hydrogens is 327 g/mol. The number of fused-ring (bicyclic) bond motifs is 1. The van der Waals surface area contributed by atoms with Gasteiger partial charge in [-0.3, -0.25) is 11.4 Å². The topological polar surface area (TPSA) is 65.7 Å². The van der Waals surface area contributed by atoms with Crippen molar-refractivity contribution in [2.75, 3.05) is 0 Å². The zero-order valence-electron chi connectivity index (χ0n) is 9.24. The SMILES string of the molecule is C=[C-]C(=O)OC(C)c1c2c3oc1cc3C(=O)O2.[Rh]. The van der Waals surface area contributed by atoms with Crippen molar-refractivity contribution < 1.29 is 43.0 Å². The number of benzene rings is 1. The molecule has 0 saturated heterocycles. The van der Waals surface area contributed by atoms with E-state index in [-0.39, 0.29) is 19.5 Å². The van der Waals surface area contributed by atoms with E-state index in [1.165, 1.54) is 0 Å². The molecule has 0 spiro atoms. The van der Waals surface area contributed by atoms with Crippen LogP contribution in [0.25, 0.3) is 11.2 Å². The Morgan fingerprint density at radius 1 is 1.56 bits per heavy atom. The number of carbonyl (C=O) groups is 2. The zero-order valence-corrected chi connectivity index (χ0v) is 10.9. The van der Waals surface area contributed by atoms with Crippen LogP contribution in [0, 0.1) is 6.08 Å². The number of hydrogen-bond donors (Lipinski definition) is 0. The molecule has 2 bridgehead atoms. The Kier molecular flexibility index (Phi) is 2.99. The van der Waals surface area contributed by atoms with Crippen molar-refractivity contribution in [2.45, 2.75) is 13.0 Å². The third kappa shape index (κ3) is 1.56. The fourth-order valence-electron chi connectivity index (χ4n) is 1.97. The van der Waals surface area contributed by atoms with E-state index in [1.807, 2.05) is 0 Å². The summed E-state index contributed by atoms with van der Waals surface area (Å²) in [5.74, 6) is -0.742. The summed E-state index contributed by atoms with van der Waals surface area (Å²) in [5, 5.41) is 0. The molecule has 1 atom stereocenters. The third-order valence-electron chi connectivity index (χ3n) is 2.70. The Labute approximate surface area is 115 Å². The summed E-state index contributed by atoms with van der Waals surface area (Å²) in [6.07, 6.45) is 1.52. The van der Waals surface area contributed by atoms with Crippen molar-refractivity contribution in [1.82, 2.24) is 0 Å². The van der Waals surface area contributed by atoms with Crippen LogP contribution in [-0.2, 0) is 29.0 Å². The maximum Gasteiger partial charge on any atom is 0.347 e. The molecule has 0 amide bonds. The maximum atomic E-state index is 11.4. The fourth-order valence-corrected chi connectivity index (χ4v) is 1.97. The minimum absolute atomic E-state index is 0. The van der Waals surface area contributed by atoms with Crippen molar-refractivity contribution in [3.8, 4) is 5.75 Å². The Hall–Kier alpha value is -1.68. The van der Waals surface area contributed by atoms with Crippen LogP contribution in [0.15, 0.2) is 17.1 Å². The number of ether oxygens (including phenoxy) is 2. The number of carbonyl (C=O) groups excluding carboxylic acids is 2. The minimum atomic E-state index is -0.660. The van der Waals surface area contributed by atoms with Crippen molar-refractivity contribution in [1.29, 1.82) is 0 Å². The smallest absolute Gasteiger partial charge is 0.347 e. The van der Waals surface area contributed by atoms with Crippen molar-refractivity contribution in [3.05, 3.63) is 29.8 Å². The van der Waals surface area contributed by atoms with Gasteiger partial charge in [-0.25, -0.2) is 4.79 Å². The van der Waals surface area contributed by atoms with Crippen molar-refractivity contribution in [2.24, 2.45) is 0 Å².